The molecule has 0 heterocycles. The Labute approximate surface area is 31.7 Å². The molecular weight excluding hydrogens is 110 g/mol. The first-order valence-electron chi connectivity index (χ1n) is 0.806. The van der Waals surface area contributed by atoms with Gasteiger partial charge >= 0.3 is 7.28 Å². The highest BCUT2D eigenvalue weighted by Gasteiger charge is 1.97. The molecule has 0 rings (SSSR count). The van der Waals surface area contributed by atoms with Gasteiger partial charge in [0.05, 0.1) is 0 Å². The second-order valence-corrected chi connectivity index (χ2v) is 3.38. The molecule has 0 saturated carbocycles. The molecule has 0 fully saturated rings. The van der Waals surface area contributed by atoms with E-state index in [4.69, 9.17) is 9.79 Å². The number of hydrogen-bond donors (Lipinski definition) is 2. The van der Waals surface area contributed by atoms with Crippen molar-refractivity contribution in [3.05, 3.63) is 0 Å². The van der Waals surface area contributed by atoms with Crippen LogP contribution in [0.15, 0.2) is 0 Å². The third-order valence-corrected chi connectivity index (χ3v) is 0. The van der Waals surface area contributed by atoms with Crippen LogP contribution in [0, 0.1) is 0 Å². The Balaban J connectivity index is 3.47. The van der Waals surface area contributed by atoms with Crippen LogP contribution in [-0.4, -0.2) is 9.79 Å². The lowest BCUT2D eigenvalue weighted by Crippen LogP contribution is -1.53. The molecule has 0 atom stereocenters. The lowest BCUT2D eigenvalue weighted by atomic mass is 15.8. The fraction of sp³-hybridized carbons (Fsp3) is 0. The lowest BCUT2D eigenvalue weighted by Gasteiger charge is -1.83. The summed E-state index contributed by atoms with van der Waals surface area (Å²) in [5.41, 5.74) is 0. The van der Waals surface area contributed by atoms with E-state index in [9.17, 15) is 4.57 Å². The van der Waals surface area contributed by atoms with Crippen LogP contribution in [0.2, 0.25) is 0 Å². The van der Waals surface area contributed by atoms with E-state index in [1.807, 2.05) is 0 Å². The molecule has 5 heteroatoms. The molecule has 0 saturated heterocycles. The van der Waals surface area contributed by atoms with E-state index in [0.717, 1.165) is 0 Å². The van der Waals surface area contributed by atoms with Crippen LogP contribution < -0.4 is 0 Å². The highest BCUT2D eigenvalue weighted by Crippen LogP contribution is 2.43. The summed E-state index contributed by atoms with van der Waals surface area (Å²) >= 11 is 0. The predicted molar refractivity (Wildman–Crippen MR) is 20.4 cm³/mol. The van der Waals surface area contributed by atoms with Gasteiger partial charge in [-0.2, -0.15) is 0 Å². The van der Waals surface area contributed by atoms with Gasteiger partial charge in [0.15, 0.2) is 0 Å². The van der Waals surface area contributed by atoms with E-state index >= 15 is 0 Å². The molecule has 1 radical (unpaired) electrons. The van der Waals surface area contributed by atoms with E-state index in [-0.39, 0.29) is 0 Å². The SMILES string of the molecule is O=P(O)(O)[PH]. The van der Waals surface area contributed by atoms with Gasteiger partial charge in [-0.1, -0.05) is 0 Å². The highest BCUT2D eigenvalue weighted by molar-refractivity contribution is 8.11. The van der Waals surface area contributed by atoms with Gasteiger partial charge in [-0.05, 0) is 0 Å². The summed E-state index contributed by atoms with van der Waals surface area (Å²) in [5, 5.41) is 0. The maximum absolute atomic E-state index is 9.24. The summed E-state index contributed by atoms with van der Waals surface area (Å²) < 4.78 is 9.24. The van der Waals surface area contributed by atoms with Crippen molar-refractivity contribution in [2.24, 2.45) is 0 Å². The van der Waals surface area contributed by atoms with Crippen molar-refractivity contribution in [3.63, 3.8) is 0 Å². The van der Waals surface area contributed by atoms with Gasteiger partial charge in [0, 0.05) is 8.93 Å². The van der Waals surface area contributed by atoms with Gasteiger partial charge in [0.25, 0.3) is 0 Å². The molecule has 0 aliphatic rings. The standard InChI is InChI=1S/H3O3P2/c1-5(2,3)4/h4H,(H2,1,2,3). The average molecular weight is 113 g/mol. The maximum Gasteiger partial charge on any atom is 0.345 e. The quantitative estimate of drug-likeness (QED) is 0.442. The third-order valence-electron chi connectivity index (χ3n) is 0. The van der Waals surface area contributed by atoms with E-state index in [1.165, 1.54) is 0 Å². The van der Waals surface area contributed by atoms with Crippen molar-refractivity contribution in [3.8, 4) is 0 Å². The summed E-state index contributed by atoms with van der Waals surface area (Å²) in [6, 6.07) is 0. The van der Waals surface area contributed by atoms with Crippen molar-refractivity contribution in [2.75, 3.05) is 0 Å². The van der Waals surface area contributed by atoms with Crippen LogP contribution >= 0.6 is 16.2 Å². The zero-order valence-electron chi connectivity index (χ0n) is 2.25. The predicted octanol–water partition coefficient (Wildman–Crippen LogP) is 0.222. The molecule has 31 valence electrons. The fourth-order valence-electron chi connectivity index (χ4n) is 0. The molecule has 5 heavy (non-hydrogen) atoms. The zero-order chi connectivity index (χ0) is 4.50. The zero-order valence-corrected chi connectivity index (χ0v) is 4.14. The summed E-state index contributed by atoms with van der Waals surface area (Å²) in [5.74, 6) is 0. The van der Waals surface area contributed by atoms with Crippen LogP contribution in [0.3, 0.4) is 0 Å². The molecule has 0 aromatic rings. The Morgan fingerprint density at radius 1 is 1.60 bits per heavy atom. The minimum absolute atomic E-state index is 2.09. The average Bonchev–Trinajstić information content (AvgIpc) is 0.722. The Morgan fingerprint density at radius 2 is 1.60 bits per heavy atom. The second-order valence-electron chi connectivity index (χ2n) is 0.544. The Hall–Kier alpha value is 0.580. The highest BCUT2D eigenvalue weighted by atomic mass is 32.1. The maximum atomic E-state index is 9.24. The smallest absolute Gasteiger partial charge is 0.321 e. The first-order valence-corrected chi connectivity index (χ1v) is 3.76. The van der Waals surface area contributed by atoms with Gasteiger partial charge in [-0.3, -0.25) is 4.57 Å². The number of hydrogen-bond acceptors (Lipinski definition) is 1. The molecule has 0 amide bonds. The van der Waals surface area contributed by atoms with Gasteiger partial charge in [0.1, 0.15) is 0 Å². The van der Waals surface area contributed by atoms with Crippen LogP contribution in [0.1, 0.15) is 0 Å². The summed E-state index contributed by atoms with van der Waals surface area (Å²) in [7, 11) is -1.75. The molecule has 0 aromatic carbocycles. The molecule has 0 aliphatic carbocycles. The van der Waals surface area contributed by atoms with E-state index in [0.29, 0.717) is 0 Å². The Kier molecular flexibility index (Phi) is 1.51. The van der Waals surface area contributed by atoms with Crippen molar-refractivity contribution >= 4 is 16.2 Å². The van der Waals surface area contributed by atoms with Gasteiger partial charge in [-0.25, -0.2) is 0 Å². The van der Waals surface area contributed by atoms with Crippen LogP contribution in [0.5, 0.6) is 0 Å². The Bertz CT molecular complexity index is 51.0. The van der Waals surface area contributed by atoms with Crippen LogP contribution in [-0.2, 0) is 4.57 Å². The number of rotatable bonds is 0. The lowest BCUT2D eigenvalue weighted by molar-refractivity contribution is 0.397. The monoisotopic (exact) mass is 113 g/mol. The molecule has 0 spiro atoms. The van der Waals surface area contributed by atoms with E-state index < -0.39 is 7.28 Å². The van der Waals surface area contributed by atoms with E-state index in [1.54, 1.807) is 0 Å². The first-order chi connectivity index (χ1) is 2.00. The van der Waals surface area contributed by atoms with Crippen LogP contribution in [0.25, 0.3) is 0 Å². The molecule has 3 nitrogen and oxygen atoms in total. The third kappa shape index (κ3) is 90.6. The van der Waals surface area contributed by atoms with Crippen LogP contribution in [0.4, 0.5) is 0 Å². The van der Waals surface area contributed by atoms with E-state index in [2.05, 4.69) is 8.93 Å². The Morgan fingerprint density at radius 3 is 1.60 bits per heavy atom. The molecular formula is H3O3P2. The first kappa shape index (κ1) is 5.58. The van der Waals surface area contributed by atoms with Gasteiger partial charge in [-0.15, -0.1) is 0 Å². The van der Waals surface area contributed by atoms with Crippen molar-refractivity contribution in [1.29, 1.82) is 0 Å². The minimum Gasteiger partial charge on any atom is -0.321 e. The van der Waals surface area contributed by atoms with Gasteiger partial charge in [0.2, 0.25) is 0 Å². The molecule has 2 N–H and O–H groups in total. The fourth-order valence-corrected chi connectivity index (χ4v) is 0. The molecule has 0 aromatic heterocycles. The summed E-state index contributed by atoms with van der Waals surface area (Å²) in [6.45, 7) is 0. The summed E-state index contributed by atoms with van der Waals surface area (Å²) in [4.78, 5) is 15.1. The van der Waals surface area contributed by atoms with Crippen molar-refractivity contribution in [2.45, 2.75) is 0 Å². The second kappa shape index (κ2) is 1.36. The molecule has 0 aliphatic heterocycles. The normalized spacial score (nSPS) is 11.8. The molecule has 0 unspecified atom stereocenters. The topological polar surface area (TPSA) is 57.5 Å². The molecule has 0 bridgehead atoms. The van der Waals surface area contributed by atoms with Crippen molar-refractivity contribution < 1.29 is 14.4 Å². The summed E-state index contributed by atoms with van der Waals surface area (Å²) in [6.07, 6.45) is 0. The van der Waals surface area contributed by atoms with Gasteiger partial charge < -0.3 is 9.79 Å². The largest absolute Gasteiger partial charge is 0.345 e. The van der Waals surface area contributed by atoms with Crippen molar-refractivity contribution in [1.82, 2.24) is 0 Å². The minimum atomic E-state index is -3.83.